The maximum atomic E-state index is 12.8. The molecule has 0 radical (unpaired) electrons. The first kappa shape index (κ1) is 13.4. The number of rotatable bonds is 0. The van der Waals surface area contributed by atoms with Crippen LogP contribution in [0, 0.1) is 29.1 Å². The molecule has 112 valence electrons. The number of ketones is 3. The lowest BCUT2D eigenvalue weighted by atomic mass is 9.52. The van der Waals surface area contributed by atoms with Crippen molar-refractivity contribution in [3.63, 3.8) is 0 Å². The van der Waals surface area contributed by atoms with Crippen molar-refractivity contribution in [1.82, 2.24) is 0 Å². The van der Waals surface area contributed by atoms with E-state index in [1.807, 2.05) is 13.0 Å². The quantitative estimate of drug-likeness (QED) is 0.688. The lowest BCUT2D eigenvalue weighted by Crippen LogP contribution is -2.51. The number of carbonyl (C=O) groups excluding carboxylic acids is 3. The maximum Gasteiger partial charge on any atom is 0.155 e. The third kappa shape index (κ3) is 1.75. The summed E-state index contributed by atoms with van der Waals surface area (Å²) in [6, 6.07) is 0. The van der Waals surface area contributed by atoms with Gasteiger partial charge in [0, 0.05) is 30.6 Å². The normalized spacial score (nSPS) is 45.8. The summed E-state index contributed by atoms with van der Waals surface area (Å²) in [5, 5.41) is 0. The fourth-order valence-corrected chi connectivity index (χ4v) is 5.76. The number of fused-ring (bicyclic) bond motifs is 5. The van der Waals surface area contributed by atoms with E-state index in [0.29, 0.717) is 42.7 Å². The SMILES string of the molecule is CC12CC(=O)C3C4CCC(=O)C=C4CCC3C1CCC2=O. The van der Waals surface area contributed by atoms with Gasteiger partial charge in [0.2, 0.25) is 0 Å². The molecule has 0 bridgehead atoms. The van der Waals surface area contributed by atoms with Crippen LogP contribution in [0.4, 0.5) is 0 Å². The zero-order valence-corrected chi connectivity index (χ0v) is 12.6. The van der Waals surface area contributed by atoms with Gasteiger partial charge in [0.05, 0.1) is 0 Å². The molecule has 0 N–H and O–H groups in total. The van der Waals surface area contributed by atoms with Crippen molar-refractivity contribution in [3.8, 4) is 0 Å². The number of Topliss-reactive ketones (excluding diaryl/α,β-unsaturated/α-hetero) is 2. The summed E-state index contributed by atoms with van der Waals surface area (Å²) >= 11 is 0. The van der Waals surface area contributed by atoms with Gasteiger partial charge in [0.1, 0.15) is 11.6 Å². The Morgan fingerprint density at radius 1 is 1.05 bits per heavy atom. The van der Waals surface area contributed by atoms with Crippen LogP contribution in [0.3, 0.4) is 0 Å². The van der Waals surface area contributed by atoms with Crippen LogP contribution in [0.25, 0.3) is 0 Å². The summed E-state index contributed by atoms with van der Waals surface area (Å²) in [4.78, 5) is 36.7. The van der Waals surface area contributed by atoms with Gasteiger partial charge < -0.3 is 0 Å². The lowest BCUT2D eigenvalue weighted by Gasteiger charge is -2.50. The van der Waals surface area contributed by atoms with E-state index in [2.05, 4.69) is 0 Å². The van der Waals surface area contributed by atoms with E-state index in [0.717, 1.165) is 25.7 Å². The van der Waals surface area contributed by atoms with Crippen LogP contribution >= 0.6 is 0 Å². The summed E-state index contributed by atoms with van der Waals surface area (Å²) in [5.74, 6) is 1.96. The molecule has 0 spiro atoms. The van der Waals surface area contributed by atoms with Crippen molar-refractivity contribution in [2.24, 2.45) is 29.1 Å². The molecule has 21 heavy (non-hydrogen) atoms. The van der Waals surface area contributed by atoms with Crippen molar-refractivity contribution in [2.75, 3.05) is 0 Å². The average Bonchev–Trinajstić information content (AvgIpc) is 2.74. The summed E-state index contributed by atoms with van der Waals surface area (Å²) in [7, 11) is 0. The molecule has 0 aromatic heterocycles. The van der Waals surface area contributed by atoms with Gasteiger partial charge in [-0.15, -0.1) is 0 Å². The molecule has 0 aliphatic heterocycles. The number of hydrogen-bond donors (Lipinski definition) is 0. The highest BCUT2D eigenvalue weighted by molar-refractivity contribution is 5.96. The molecule has 4 aliphatic carbocycles. The Labute approximate surface area is 125 Å². The predicted molar refractivity (Wildman–Crippen MR) is 77.5 cm³/mol. The van der Waals surface area contributed by atoms with Crippen LogP contribution in [0.5, 0.6) is 0 Å². The Morgan fingerprint density at radius 3 is 2.67 bits per heavy atom. The van der Waals surface area contributed by atoms with E-state index in [1.165, 1.54) is 5.57 Å². The Balaban J connectivity index is 1.71. The standard InChI is InChI=1S/C18H22O3/c1-18-9-15(20)17-12-5-3-11(19)8-10(12)2-4-13(17)14(18)6-7-16(18)21/h8,12-14,17H,2-7,9H2,1H3. The minimum absolute atomic E-state index is 0.0853. The van der Waals surface area contributed by atoms with E-state index in [1.54, 1.807) is 0 Å². The average molecular weight is 286 g/mol. The van der Waals surface area contributed by atoms with Crippen molar-refractivity contribution < 1.29 is 14.4 Å². The third-order valence-corrected chi connectivity index (χ3v) is 6.75. The highest BCUT2D eigenvalue weighted by Gasteiger charge is 2.59. The molecule has 4 aliphatic rings. The van der Waals surface area contributed by atoms with E-state index in [4.69, 9.17) is 0 Å². The molecule has 0 saturated heterocycles. The zero-order valence-electron chi connectivity index (χ0n) is 12.6. The predicted octanol–water partition coefficient (Wildman–Crippen LogP) is 2.88. The number of allylic oxidation sites excluding steroid dienone is 1. The fraction of sp³-hybridized carbons (Fsp3) is 0.722. The van der Waals surface area contributed by atoms with Crippen molar-refractivity contribution in [3.05, 3.63) is 11.6 Å². The molecule has 5 unspecified atom stereocenters. The summed E-state index contributed by atoms with van der Waals surface area (Å²) in [5.41, 5.74) is 0.831. The minimum atomic E-state index is -0.385. The number of carbonyl (C=O) groups is 3. The largest absolute Gasteiger partial charge is 0.299 e. The van der Waals surface area contributed by atoms with Crippen LogP contribution in [0.1, 0.15) is 51.9 Å². The number of hydrogen-bond acceptors (Lipinski definition) is 3. The second kappa shape index (κ2) is 4.37. The molecule has 3 saturated carbocycles. The van der Waals surface area contributed by atoms with Gasteiger partial charge in [-0.2, -0.15) is 0 Å². The smallest absolute Gasteiger partial charge is 0.155 e. The van der Waals surface area contributed by atoms with Crippen molar-refractivity contribution >= 4 is 17.3 Å². The molecule has 5 atom stereocenters. The Kier molecular flexibility index (Phi) is 2.79. The highest BCUT2D eigenvalue weighted by atomic mass is 16.1. The molecule has 3 heteroatoms. The molecule has 0 aromatic rings. The zero-order chi connectivity index (χ0) is 14.8. The van der Waals surface area contributed by atoms with Crippen LogP contribution < -0.4 is 0 Å². The van der Waals surface area contributed by atoms with Crippen LogP contribution in [-0.4, -0.2) is 17.3 Å². The second-order valence-corrected chi connectivity index (χ2v) is 7.69. The first-order chi connectivity index (χ1) is 10.0. The third-order valence-electron chi connectivity index (χ3n) is 6.75. The van der Waals surface area contributed by atoms with Gasteiger partial charge in [-0.3, -0.25) is 14.4 Å². The van der Waals surface area contributed by atoms with Crippen LogP contribution in [-0.2, 0) is 14.4 Å². The van der Waals surface area contributed by atoms with Gasteiger partial charge in [-0.05, 0) is 49.5 Å². The topological polar surface area (TPSA) is 51.2 Å². The molecule has 0 aromatic carbocycles. The van der Waals surface area contributed by atoms with E-state index in [-0.39, 0.29) is 23.0 Å². The fourth-order valence-electron chi connectivity index (χ4n) is 5.76. The first-order valence-electron chi connectivity index (χ1n) is 8.30. The van der Waals surface area contributed by atoms with E-state index < -0.39 is 0 Å². The Hall–Kier alpha value is -1.25. The maximum absolute atomic E-state index is 12.8. The molecule has 3 fully saturated rings. The minimum Gasteiger partial charge on any atom is -0.299 e. The monoisotopic (exact) mass is 286 g/mol. The van der Waals surface area contributed by atoms with Gasteiger partial charge >= 0.3 is 0 Å². The second-order valence-electron chi connectivity index (χ2n) is 7.69. The molecular formula is C18H22O3. The van der Waals surface area contributed by atoms with Gasteiger partial charge in [-0.25, -0.2) is 0 Å². The molecule has 3 nitrogen and oxygen atoms in total. The summed E-state index contributed by atoms with van der Waals surface area (Å²) < 4.78 is 0. The Morgan fingerprint density at radius 2 is 1.86 bits per heavy atom. The molecule has 4 rings (SSSR count). The lowest BCUT2D eigenvalue weighted by molar-refractivity contribution is -0.146. The van der Waals surface area contributed by atoms with E-state index >= 15 is 0 Å². The van der Waals surface area contributed by atoms with Crippen molar-refractivity contribution in [1.29, 1.82) is 0 Å². The molecule has 0 heterocycles. The molecular weight excluding hydrogens is 264 g/mol. The first-order valence-corrected chi connectivity index (χ1v) is 8.30. The molecule has 0 amide bonds. The van der Waals surface area contributed by atoms with Crippen LogP contribution in [0.2, 0.25) is 0 Å². The van der Waals surface area contributed by atoms with Gasteiger partial charge in [0.25, 0.3) is 0 Å². The summed E-state index contributed by atoms with van der Waals surface area (Å²) in [6.07, 6.45) is 7.24. The van der Waals surface area contributed by atoms with Crippen molar-refractivity contribution in [2.45, 2.75) is 51.9 Å². The van der Waals surface area contributed by atoms with E-state index in [9.17, 15) is 14.4 Å². The van der Waals surface area contributed by atoms with Crippen LogP contribution in [0.15, 0.2) is 11.6 Å². The summed E-state index contributed by atoms with van der Waals surface area (Å²) in [6.45, 7) is 2.02. The van der Waals surface area contributed by atoms with Gasteiger partial charge in [-0.1, -0.05) is 12.5 Å². The van der Waals surface area contributed by atoms with Gasteiger partial charge in [0.15, 0.2) is 5.78 Å². The Bertz CT molecular complexity index is 573. The highest BCUT2D eigenvalue weighted by Crippen LogP contribution is 2.59.